The van der Waals surface area contributed by atoms with Crippen LogP contribution in [0.1, 0.15) is 0 Å². The molecule has 0 fully saturated rings. The van der Waals surface area contributed by atoms with Gasteiger partial charge in [-0.2, -0.15) is 0 Å². The van der Waals surface area contributed by atoms with E-state index in [-0.39, 0.29) is 0 Å². The Balaban J connectivity index is 3.44. The Labute approximate surface area is 80.3 Å². The first-order valence-corrected chi connectivity index (χ1v) is 13.2. The maximum atomic E-state index is 5.74. The van der Waals surface area contributed by atoms with Crippen molar-refractivity contribution in [3.8, 4) is 0 Å². The van der Waals surface area contributed by atoms with E-state index in [2.05, 4.69) is 39.3 Å². The third-order valence-electron chi connectivity index (χ3n) is 0.984. The number of hydrogen-bond donors (Lipinski definition) is 0. The first-order valence-electron chi connectivity index (χ1n) is 3.99. The summed E-state index contributed by atoms with van der Waals surface area (Å²) in [5.74, 6) is 0. The van der Waals surface area contributed by atoms with E-state index in [0.717, 1.165) is 0 Å². The van der Waals surface area contributed by atoms with Gasteiger partial charge in [-0.05, 0) is 0 Å². The summed E-state index contributed by atoms with van der Waals surface area (Å²) in [6.07, 6.45) is 0. The van der Waals surface area contributed by atoms with E-state index in [9.17, 15) is 0 Å². The van der Waals surface area contributed by atoms with Crippen LogP contribution >= 0.6 is 0 Å². The monoisotopic (exact) mass is 242 g/mol. The molecular formula is C6H18O2Si2Zn. The Bertz CT molecular complexity index is 103. The van der Waals surface area contributed by atoms with E-state index in [1.807, 2.05) is 0 Å². The molecule has 0 aromatic rings. The van der Waals surface area contributed by atoms with Gasteiger partial charge in [-0.1, -0.05) is 0 Å². The van der Waals surface area contributed by atoms with Gasteiger partial charge in [0.25, 0.3) is 0 Å². The molecule has 0 aromatic carbocycles. The van der Waals surface area contributed by atoms with Gasteiger partial charge in [0.05, 0.1) is 0 Å². The number of rotatable bonds is 4. The molecule has 0 N–H and O–H groups in total. The minimum atomic E-state index is -1.28. The Hall–Kier alpha value is 0.977. The average Bonchev–Trinajstić information content (AvgIpc) is 1.55. The molecule has 11 heavy (non-hydrogen) atoms. The van der Waals surface area contributed by atoms with Crippen LogP contribution in [-0.4, -0.2) is 16.6 Å². The van der Waals surface area contributed by atoms with Crippen LogP contribution in [0.25, 0.3) is 0 Å². The van der Waals surface area contributed by atoms with Crippen molar-refractivity contribution in [3.05, 3.63) is 0 Å². The molecule has 0 aromatic heterocycles. The van der Waals surface area contributed by atoms with E-state index < -0.39 is 34.5 Å². The molecule has 5 heteroatoms. The topological polar surface area (TPSA) is 18.5 Å². The Morgan fingerprint density at radius 3 is 1.18 bits per heavy atom. The molecule has 0 spiro atoms. The van der Waals surface area contributed by atoms with E-state index in [0.29, 0.717) is 0 Å². The van der Waals surface area contributed by atoms with E-state index in [1.165, 1.54) is 0 Å². The van der Waals surface area contributed by atoms with Crippen molar-refractivity contribution in [3.63, 3.8) is 0 Å². The second-order valence-corrected chi connectivity index (χ2v) is 17.8. The molecule has 0 saturated carbocycles. The van der Waals surface area contributed by atoms with Gasteiger partial charge in [0, 0.05) is 0 Å². The fourth-order valence-corrected chi connectivity index (χ4v) is 6.89. The van der Waals surface area contributed by atoms with Crippen LogP contribution in [0, 0.1) is 0 Å². The normalized spacial score (nSPS) is 12.9. The fourth-order valence-electron chi connectivity index (χ4n) is 0.383. The number of hydrogen-bond acceptors (Lipinski definition) is 2. The SMILES string of the molecule is C[Si](C)(C)[O][Zn][O][Si](C)(C)C. The van der Waals surface area contributed by atoms with Crippen molar-refractivity contribution in [2.45, 2.75) is 39.3 Å². The summed E-state index contributed by atoms with van der Waals surface area (Å²) in [5, 5.41) is 0. The van der Waals surface area contributed by atoms with Gasteiger partial charge in [0.1, 0.15) is 0 Å². The molecule has 0 heterocycles. The predicted octanol–water partition coefficient (Wildman–Crippen LogP) is 2.60. The average molecular weight is 244 g/mol. The summed E-state index contributed by atoms with van der Waals surface area (Å²) >= 11 is -1.08. The molecule has 64 valence electrons. The zero-order chi connectivity index (χ0) is 9.12. The van der Waals surface area contributed by atoms with Crippen molar-refractivity contribution in [2.24, 2.45) is 0 Å². The molecule has 0 atom stereocenters. The summed E-state index contributed by atoms with van der Waals surface area (Å²) in [4.78, 5) is 0. The quantitative estimate of drug-likeness (QED) is 0.707. The first-order chi connectivity index (χ1) is 4.71. The summed E-state index contributed by atoms with van der Waals surface area (Å²) in [5.41, 5.74) is 0. The van der Waals surface area contributed by atoms with E-state index in [1.54, 1.807) is 0 Å². The van der Waals surface area contributed by atoms with Crippen LogP contribution in [0.2, 0.25) is 39.3 Å². The zero-order valence-electron chi connectivity index (χ0n) is 8.52. The zero-order valence-corrected chi connectivity index (χ0v) is 13.5. The molecule has 0 saturated heterocycles. The predicted molar refractivity (Wildman–Crippen MR) is 48.9 cm³/mol. The van der Waals surface area contributed by atoms with Crippen LogP contribution in [0.5, 0.6) is 0 Å². The van der Waals surface area contributed by atoms with Crippen molar-refractivity contribution >= 4 is 16.6 Å². The van der Waals surface area contributed by atoms with Crippen molar-refractivity contribution in [1.82, 2.24) is 0 Å². The standard InChI is InChI=1S/2C3H9OSi.Zn/c2*1-5(2,3)4;/h2*1-3H3;/q2*-1;+2. The third-order valence-corrected chi connectivity index (χ3v) is 15.3. The molecule has 2 nitrogen and oxygen atoms in total. The molecule has 0 aliphatic rings. The van der Waals surface area contributed by atoms with Crippen LogP contribution in [0.15, 0.2) is 0 Å². The Morgan fingerprint density at radius 1 is 0.727 bits per heavy atom. The van der Waals surface area contributed by atoms with Crippen LogP contribution in [-0.2, 0) is 24.4 Å². The van der Waals surface area contributed by atoms with Gasteiger partial charge >= 0.3 is 80.3 Å². The molecule has 0 amide bonds. The molecule has 0 aliphatic heterocycles. The van der Waals surface area contributed by atoms with Gasteiger partial charge in [-0.15, -0.1) is 0 Å². The summed E-state index contributed by atoms with van der Waals surface area (Å²) < 4.78 is 11.5. The first kappa shape index (κ1) is 12.0. The van der Waals surface area contributed by atoms with Crippen molar-refractivity contribution in [1.29, 1.82) is 0 Å². The van der Waals surface area contributed by atoms with Crippen LogP contribution < -0.4 is 0 Å². The molecule has 0 aliphatic carbocycles. The fraction of sp³-hybridized carbons (Fsp3) is 1.00. The summed E-state index contributed by atoms with van der Waals surface area (Å²) in [7, 11) is -2.55. The van der Waals surface area contributed by atoms with Crippen LogP contribution in [0.4, 0.5) is 0 Å². The molecular weight excluding hydrogens is 226 g/mol. The van der Waals surface area contributed by atoms with Crippen molar-refractivity contribution < 1.29 is 24.4 Å². The van der Waals surface area contributed by atoms with Crippen molar-refractivity contribution in [2.75, 3.05) is 0 Å². The summed E-state index contributed by atoms with van der Waals surface area (Å²) in [6.45, 7) is 13.3. The Morgan fingerprint density at radius 2 is 1.00 bits per heavy atom. The molecule has 0 rings (SSSR count). The second-order valence-electron chi connectivity index (χ2n) is 4.63. The van der Waals surface area contributed by atoms with Gasteiger partial charge in [0.15, 0.2) is 0 Å². The molecule has 0 radical (unpaired) electrons. The second kappa shape index (κ2) is 4.28. The van der Waals surface area contributed by atoms with Gasteiger partial charge < -0.3 is 0 Å². The van der Waals surface area contributed by atoms with E-state index in [4.69, 9.17) is 6.50 Å². The summed E-state index contributed by atoms with van der Waals surface area (Å²) in [6, 6.07) is 0. The van der Waals surface area contributed by atoms with Gasteiger partial charge in [-0.3, -0.25) is 0 Å². The van der Waals surface area contributed by atoms with Crippen LogP contribution in [0.3, 0.4) is 0 Å². The Kier molecular flexibility index (Phi) is 4.66. The molecule has 0 bridgehead atoms. The van der Waals surface area contributed by atoms with E-state index >= 15 is 0 Å². The third kappa shape index (κ3) is 11.0. The van der Waals surface area contributed by atoms with Gasteiger partial charge in [-0.25, -0.2) is 0 Å². The minimum absolute atomic E-state index is 1.08. The van der Waals surface area contributed by atoms with Gasteiger partial charge in [0.2, 0.25) is 0 Å². The maximum absolute atomic E-state index is 5.74. The molecule has 0 unspecified atom stereocenters.